The molecule has 4 aliphatic carbocycles. The number of nitrogen functional groups attached to an aromatic ring is 2. The van der Waals surface area contributed by atoms with E-state index in [1.54, 1.807) is 36.4 Å². The second-order valence-corrected chi connectivity index (χ2v) is 11.1. The Kier molecular flexibility index (Phi) is 5.54. The summed E-state index contributed by atoms with van der Waals surface area (Å²) < 4.78 is 12.6. The van der Waals surface area contributed by atoms with E-state index in [-0.39, 0.29) is 0 Å². The van der Waals surface area contributed by atoms with Crippen molar-refractivity contribution in [3.63, 3.8) is 0 Å². The van der Waals surface area contributed by atoms with Gasteiger partial charge in [-0.1, -0.05) is 23.2 Å². The van der Waals surface area contributed by atoms with Crippen molar-refractivity contribution >= 4 is 34.6 Å². The minimum absolute atomic E-state index is 0.448. The molecule has 34 heavy (non-hydrogen) atoms. The Morgan fingerprint density at radius 3 is 1.76 bits per heavy atom. The van der Waals surface area contributed by atoms with Gasteiger partial charge in [0, 0.05) is 27.7 Å². The monoisotopic (exact) mass is 494 g/mol. The Balaban J connectivity index is 1.40. The molecule has 3 aromatic carbocycles. The Bertz CT molecular complexity index is 1220. The number of hydrogen-bond donors (Lipinski definition) is 2. The smallest absolute Gasteiger partial charge is 0.151 e. The fourth-order valence-electron chi connectivity index (χ4n) is 6.82. The molecule has 0 aromatic heterocycles. The molecule has 6 heteroatoms. The van der Waals surface area contributed by atoms with Crippen LogP contribution in [0.2, 0.25) is 10.0 Å². The number of hydrogen-bond acceptors (Lipinski definition) is 4. The van der Waals surface area contributed by atoms with Crippen molar-refractivity contribution in [1.29, 1.82) is 0 Å². The summed E-state index contributed by atoms with van der Waals surface area (Å²) in [5.41, 5.74) is 14.6. The maximum Gasteiger partial charge on any atom is 0.151 e. The first-order chi connectivity index (χ1) is 16.4. The van der Waals surface area contributed by atoms with Crippen LogP contribution in [0.1, 0.15) is 43.6 Å². The quantitative estimate of drug-likeness (QED) is 0.350. The predicted molar refractivity (Wildman–Crippen MR) is 138 cm³/mol. The van der Waals surface area contributed by atoms with E-state index in [4.69, 9.17) is 44.1 Å². The van der Waals surface area contributed by atoms with Crippen molar-refractivity contribution in [2.24, 2.45) is 23.7 Å². The van der Waals surface area contributed by atoms with Gasteiger partial charge in [0.05, 0.1) is 11.4 Å². The summed E-state index contributed by atoms with van der Waals surface area (Å²) in [6, 6.07) is 16.6. The number of benzene rings is 3. The highest BCUT2D eigenvalue weighted by Gasteiger charge is 2.49. The minimum Gasteiger partial charge on any atom is -0.455 e. The van der Waals surface area contributed by atoms with E-state index in [2.05, 4.69) is 6.07 Å². The van der Waals surface area contributed by atoms with Gasteiger partial charge in [0.15, 0.2) is 11.5 Å². The molecule has 176 valence electrons. The normalized spacial score (nSPS) is 27.1. The Morgan fingerprint density at radius 2 is 1.18 bits per heavy atom. The summed E-state index contributed by atoms with van der Waals surface area (Å²) in [6.07, 6.45) is 6.65. The van der Waals surface area contributed by atoms with Crippen LogP contribution in [-0.4, -0.2) is 0 Å². The lowest BCUT2D eigenvalue weighted by Gasteiger charge is -2.54. The predicted octanol–water partition coefficient (Wildman–Crippen LogP) is 8.28. The average molecular weight is 495 g/mol. The van der Waals surface area contributed by atoms with Crippen LogP contribution in [0.3, 0.4) is 0 Å². The van der Waals surface area contributed by atoms with Gasteiger partial charge in [-0.3, -0.25) is 0 Å². The molecule has 7 rings (SSSR count). The third-order valence-corrected chi connectivity index (χ3v) is 8.44. The molecule has 0 heterocycles. The van der Waals surface area contributed by atoms with E-state index in [0.29, 0.717) is 50.7 Å². The molecule has 0 saturated heterocycles. The molecular weight excluding hydrogens is 467 g/mol. The van der Waals surface area contributed by atoms with Crippen molar-refractivity contribution in [1.82, 2.24) is 0 Å². The number of anilines is 2. The van der Waals surface area contributed by atoms with Crippen molar-refractivity contribution in [3.05, 3.63) is 70.2 Å². The minimum atomic E-state index is 0.448. The summed E-state index contributed by atoms with van der Waals surface area (Å²) in [7, 11) is 0. The van der Waals surface area contributed by atoms with E-state index >= 15 is 0 Å². The first kappa shape index (κ1) is 21.9. The molecule has 4 saturated carbocycles. The van der Waals surface area contributed by atoms with E-state index in [1.807, 2.05) is 12.1 Å². The van der Waals surface area contributed by atoms with E-state index in [1.165, 1.54) is 37.7 Å². The number of ether oxygens (including phenoxy) is 2. The largest absolute Gasteiger partial charge is 0.455 e. The molecule has 4 nitrogen and oxygen atoms in total. The first-order valence-corrected chi connectivity index (χ1v) is 12.8. The average Bonchev–Trinajstić information content (AvgIpc) is 2.79. The van der Waals surface area contributed by atoms with Crippen molar-refractivity contribution in [3.8, 4) is 23.0 Å². The summed E-state index contributed by atoms with van der Waals surface area (Å²) in [5, 5.41) is 1.18. The first-order valence-electron chi connectivity index (χ1n) is 12.0. The summed E-state index contributed by atoms with van der Waals surface area (Å²) >= 11 is 12.4. The highest BCUT2D eigenvalue weighted by molar-refractivity contribution is 6.31. The van der Waals surface area contributed by atoms with Crippen molar-refractivity contribution < 1.29 is 9.47 Å². The topological polar surface area (TPSA) is 70.5 Å². The van der Waals surface area contributed by atoms with Crippen LogP contribution in [0.4, 0.5) is 11.4 Å². The van der Waals surface area contributed by atoms with Gasteiger partial charge in [-0.25, -0.2) is 0 Å². The Hall–Kier alpha value is -2.56. The van der Waals surface area contributed by atoms with Crippen LogP contribution in [0.5, 0.6) is 23.0 Å². The maximum absolute atomic E-state index is 6.41. The van der Waals surface area contributed by atoms with Crippen LogP contribution < -0.4 is 20.9 Å². The molecule has 4 N–H and O–H groups in total. The zero-order valence-corrected chi connectivity index (χ0v) is 20.4. The van der Waals surface area contributed by atoms with Crippen molar-refractivity contribution in [2.45, 2.75) is 38.0 Å². The van der Waals surface area contributed by atoms with Crippen LogP contribution >= 0.6 is 23.2 Å². The third-order valence-electron chi connectivity index (χ3n) is 7.97. The van der Waals surface area contributed by atoms with Crippen LogP contribution in [0, 0.1) is 23.7 Å². The SMILES string of the molecule is Nc1ccc(Cl)cc1Oc1ccc(Oc2cc(Cl)ccc2N)c(C2C3CC4CC(C3)CC2C4)c1. The standard InChI is InChI=1S/C28H28Cl2N2O2/c29-19-1-4-23(31)26(12-19)33-21-3-6-25(34-27-13-20(30)2-5-24(27)32)22(14-21)28-17-8-15-7-16(10-17)11-18(28)9-15/h1-6,12-18,28H,7-11,31-32H2. The lowest BCUT2D eigenvalue weighted by molar-refractivity contribution is -0.00339. The third kappa shape index (κ3) is 4.08. The number of halogens is 2. The van der Waals surface area contributed by atoms with Gasteiger partial charge < -0.3 is 20.9 Å². The molecule has 0 spiro atoms. The lowest BCUT2D eigenvalue weighted by atomic mass is 9.50. The molecule has 3 aromatic rings. The lowest BCUT2D eigenvalue weighted by Crippen LogP contribution is -2.43. The molecule has 4 bridgehead atoms. The molecule has 0 atom stereocenters. The summed E-state index contributed by atoms with van der Waals surface area (Å²) in [5.74, 6) is 6.26. The van der Waals surface area contributed by atoms with Gasteiger partial charge in [-0.05, 0) is 104 Å². The van der Waals surface area contributed by atoms with Crippen LogP contribution in [0.25, 0.3) is 0 Å². The molecular formula is C28H28Cl2N2O2. The Labute approximate surface area is 210 Å². The van der Waals surface area contributed by atoms with Crippen molar-refractivity contribution in [2.75, 3.05) is 11.5 Å². The fourth-order valence-corrected chi connectivity index (χ4v) is 7.14. The molecule has 4 aliphatic rings. The molecule has 4 fully saturated rings. The second kappa shape index (κ2) is 8.58. The van der Waals surface area contributed by atoms with E-state index in [0.717, 1.165) is 23.3 Å². The van der Waals surface area contributed by atoms with Crippen LogP contribution in [0.15, 0.2) is 54.6 Å². The highest BCUT2D eigenvalue weighted by atomic mass is 35.5. The summed E-state index contributed by atoms with van der Waals surface area (Å²) in [4.78, 5) is 0. The van der Waals surface area contributed by atoms with Gasteiger partial charge in [0.2, 0.25) is 0 Å². The fraction of sp³-hybridized carbons (Fsp3) is 0.357. The van der Waals surface area contributed by atoms with Gasteiger partial charge >= 0.3 is 0 Å². The number of nitrogens with two attached hydrogens (primary N) is 2. The molecule has 0 aliphatic heterocycles. The van der Waals surface area contributed by atoms with Gasteiger partial charge in [0.1, 0.15) is 11.5 Å². The van der Waals surface area contributed by atoms with Gasteiger partial charge in [-0.15, -0.1) is 0 Å². The second-order valence-electron chi connectivity index (χ2n) is 10.2. The zero-order chi connectivity index (χ0) is 23.4. The molecule has 0 unspecified atom stereocenters. The zero-order valence-electron chi connectivity index (χ0n) is 18.8. The van der Waals surface area contributed by atoms with E-state index < -0.39 is 0 Å². The highest BCUT2D eigenvalue weighted by Crippen LogP contribution is 2.61. The van der Waals surface area contributed by atoms with Crippen LogP contribution in [-0.2, 0) is 0 Å². The van der Waals surface area contributed by atoms with E-state index in [9.17, 15) is 0 Å². The summed E-state index contributed by atoms with van der Waals surface area (Å²) in [6.45, 7) is 0. The molecule has 0 radical (unpaired) electrons. The number of rotatable bonds is 5. The maximum atomic E-state index is 6.41. The van der Waals surface area contributed by atoms with Gasteiger partial charge in [0.25, 0.3) is 0 Å². The Morgan fingerprint density at radius 1 is 0.618 bits per heavy atom. The van der Waals surface area contributed by atoms with Gasteiger partial charge in [-0.2, -0.15) is 0 Å². The molecule has 0 amide bonds.